The van der Waals surface area contributed by atoms with Crippen LogP contribution in [0.5, 0.6) is 0 Å². The third-order valence-electron chi connectivity index (χ3n) is 4.51. The highest BCUT2D eigenvalue weighted by atomic mass is 16.3. The van der Waals surface area contributed by atoms with Crippen LogP contribution in [-0.4, -0.2) is 40.6 Å². The van der Waals surface area contributed by atoms with Crippen molar-refractivity contribution in [1.29, 1.82) is 0 Å². The highest BCUT2D eigenvalue weighted by Crippen LogP contribution is 2.32. The van der Waals surface area contributed by atoms with Crippen LogP contribution in [0.4, 0.5) is 5.82 Å². The lowest BCUT2D eigenvalue weighted by Crippen LogP contribution is -2.37. The maximum Gasteiger partial charge on any atom is 0.131 e. The SMILES string of the molecule is Cc1nn(C)c(N2CCC(C)C2CO)c1CNCC(C)C. The third-order valence-corrected chi connectivity index (χ3v) is 4.51. The normalized spacial score (nSPS) is 22.5. The highest BCUT2D eigenvalue weighted by molar-refractivity contribution is 5.52. The van der Waals surface area contributed by atoms with Crippen molar-refractivity contribution in [3.05, 3.63) is 11.3 Å². The second-order valence-corrected chi connectivity index (χ2v) is 6.75. The molecule has 120 valence electrons. The predicted octanol–water partition coefficient (Wildman–Crippen LogP) is 1.68. The molecule has 0 saturated carbocycles. The molecule has 0 aromatic carbocycles. The summed E-state index contributed by atoms with van der Waals surface area (Å²) < 4.78 is 1.97. The van der Waals surface area contributed by atoms with Gasteiger partial charge in [-0.15, -0.1) is 0 Å². The molecule has 5 heteroatoms. The third kappa shape index (κ3) is 3.40. The van der Waals surface area contributed by atoms with E-state index in [1.807, 2.05) is 11.7 Å². The van der Waals surface area contributed by atoms with Gasteiger partial charge in [0.1, 0.15) is 5.82 Å². The minimum absolute atomic E-state index is 0.212. The van der Waals surface area contributed by atoms with Gasteiger partial charge in [-0.05, 0) is 31.7 Å². The molecule has 1 aliphatic heterocycles. The van der Waals surface area contributed by atoms with E-state index in [1.54, 1.807) is 0 Å². The number of aliphatic hydroxyl groups is 1. The summed E-state index contributed by atoms with van der Waals surface area (Å²) in [5.41, 5.74) is 2.35. The summed E-state index contributed by atoms with van der Waals surface area (Å²) in [5, 5.41) is 17.8. The molecule has 2 N–H and O–H groups in total. The summed E-state index contributed by atoms with van der Waals surface area (Å²) in [6, 6.07) is 0.212. The summed E-state index contributed by atoms with van der Waals surface area (Å²) >= 11 is 0. The Morgan fingerprint density at radius 1 is 1.43 bits per heavy atom. The Balaban J connectivity index is 2.22. The zero-order chi connectivity index (χ0) is 15.6. The Kier molecular flexibility index (Phi) is 5.27. The molecule has 2 atom stereocenters. The molecule has 2 unspecified atom stereocenters. The van der Waals surface area contributed by atoms with Gasteiger partial charge < -0.3 is 15.3 Å². The van der Waals surface area contributed by atoms with Crippen LogP contribution in [-0.2, 0) is 13.6 Å². The van der Waals surface area contributed by atoms with Crippen LogP contribution in [0.25, 0.3) is 0 Å². The molecule has 0 bridgehead atoms. The molecule has 0 aliphatic carbocycles. The topological polar surface area (TPSA) is 53.3 Å². The molecule has 0 spiro atoms. The maximum absolute atomic E-state index is 9.72. The number of aliphatic hydroxyl groups excluding tert-OH is 1. The Labute approximate surface area is 128 Å². The van der Waals surface area contributed by atoms with Crippen LogP contribution in [0.3, 0.4) is 0 Å². The van der Waals surface area contributed by atoms with Crippen molar-refractivity contribution in [3.8, 4) is 0 Å². The minimum Gasteiger partial charge on any atom is -0.394 e. The van der Waals surface area contributed by atoms with Gasteiger partial charge in [0.2, 0.25) is 0 Å². The Morgan fingerprint density at radius 2 is 2.14 bits per heavy atom. The van der Waals surface area contributed by atoms with Gasteiger partial charge in [-0.3, -0.25) is 4.68 Å². The van der Waals surface area contributed by atoms with Crippen molar-refractivity contribution in [2.75, 3.05) is 24.6 Å². The predicted molar refractivity (Wildman–Crippen MR) is 86.5 cm³/mol. The van der Waals surface area contributed by atoms with Gasteiger partial charge in [-0.1, -0.05) is 20.8 Å². The number of hydrogen-bond acceptors (Lipinski definition) is 4. The first-order valence-electron chi connectivity index (χ1n) is 8.06. The molecule has 5 nitrogen and oxygen atoms in total. The number of aryl methyl sites for hydroxylation is 2. The summed E-state index contributed by atoms with van der Waals surface area (Å²) in [5.74, 6) is 2.34. The van der Waals surface area contributed by atoms with Crippen molar-refractivity contribution >= 4 is 5.82 Å². The molecule has 2 rings (SSSR count). The van der Waals surface area contributed by atoms with Crippen molar-refractivity contribution in [1.82, 2.24) is 15.1 Å². The first-order chi connectivity index (χ1) is 9.95. The molecule has 21 heavy (non-hydrogen) atoms. The largest absolute Gasteiger partial charge is 0.394 e. The fourth-order valence-electron chi connectivity index (χ4n) is 3.29. The van der Waals surface area contributed by atoms with Crippen molar-refractivity contribution < 1.29 is 5.11 Å². The molecular weight excluding hydrogens is 264 g/mol. The van der Waals surface area contributed by atoms with Crippen molar-refractivity contribution in [2.45, 2.75) is 46.7 Å². The van der Waals surface area contributed by atoms with E-state index in [0.29, 0.717) is 11.8 Å². The van der Waals surface area contributed by atoms with Gasteiger partial charge in [-0.2, -0.15) is 5.10 Å². The number of hydrogen-bond donors (Lipinski definition) is 2. The van der Waals surface area contributed by atoms with Crippen LogP contribution in [0, 0.1) is 18.8 Å². The lowest BCUT2D eigenvalue weighted by atomic mass is 10.0. The second-order valence-electron chi connectivity index (χ2n) is 6.75. The van der Waals surface area contributed by atoms with E-state index in [-0.39, 0.29) is 12.6 Å². The Morgan fingerprint density at radius 3 is 2.76 bits per heavy atom. The fourth-order valence-corrected chi connectivity index (χ4v) is 3.29. The van der Waals surface area contributed by atoms with Crippen molar-refractivity contribution in [3.63, 3.8) is 0 Å². The van der Waals surface area contributed by atoms with Crippen molar-refractivity contribution in [2.24, 2.45) is 18.9 Å². The van der Waals surface area contributed by atoms with Gasteiger partial charge in [0, 0.05) is 25.7 Å². The van der Waals surface area contributed by atoms with E-state index < -0.39 is 0 Å². The molecule has 2 heterocycles. The van der Waals surface area contributed by atoms with Gasteiger partial charge in [0.15, 0.2) is 0 Å². The molecule has 1 aliphatic rings. The first kappa shape index (κ1) is 16.3. The average molecular weight is 294 g/mol. The van der Waals surface area contributed by atoms with E-state index >= 15 is 0 Å². The van der Waals surface area contributed by atoms with Crippen LogP contribution < -0.4 is 10.2 Å². The van der Waals surface area contributed by atoms with E-state index in [0.717, 1.165) is 31.7 Å². The van der Waals surface area contributed by atoms with E-state index in [4.69, 9.17) is 0 Å². The molecule has 1 fully saturated rings. The van der Waals surface area contributed by atoms with Crippen LogP contribution >= 0.6 is 0 Å². The summed E-state index contributed by atoms with van der Waals surface area (Å²) in [4.78, 5) is 2.34. The number of nitrogens with one attached hydrogen (secondary N) is 1. The molecule has 0 amide bonds. The van der Waals surface area contributed by atoms with Gasteiger partial charge in [-0.25, -0.2) is 0 Å². The molecule has 0 radical (unpaired) electrons. The smallest absolute Gasteiger partial charge is 0.131 e. The maximum atomic E-state index is 9.72. The summed E-state index contributed by atoms with van der Waals surface area (Å²) in [6.45, 7) is 11.8. The quantitative estimate of drug-likeness (QED) is 0.838. The van der Waals surface area contributed by atoms with E-state index in [9.17, 15) is 5.11 Å². The molecule has 1 saturated heterocycles. The van der Waals surface area contributed by atoms with Crippen LogP contribution in [0.15, 0.2) is 0 Å². The van der Waals surface area contributed by atoms with Crippen LogP contribution in [0.2, 0.25) is 0 Å². The molecule has 1 aromatic heterocycles. The monoisotopic (exact) mass is 294 g/mol. The number of anilines is 1. The zero-order valence-corrected chi connectivity index (χ0v) is 14.1. The second kappa shape index (κ2) is 6.79. The number of rotatable bonds is 6. The Hall–Kier alpha value is -1.07. The first-order valence-corrected chi connectivity index (χ1v) is 8.06. The van der Waals surface area contributed by atoms with E-state index in [1.165, 1.54) is 11.4 Å². The molecular formula is C16H30N4O. The lowest BCUT2D eigenvalue weighted by molar-refractivity contribution is 0.244. The molecule has 1 aromatic rings. The highest BCUT2D eigenvalue weighted by Gasteiger charge is 2.34. The summed E-state index contributed by atoms with van der Waals surface area (Å²) in [6.07, 6.45) is 1.13. The van der Waals surface area contributed by atoms with Gasteiger partial charge in [0.25, 0.3) is 0 Å². The van der Waals surface area contributed by atoms with Gasteiger partial charge >= 0.3 is 0 Å². The summed E-state index contributed by atoms with van der Waals surface area (Å²) in [7, 11) is 2.01. The van der Waals surface area contributed by atoms with Gasteiger partial charge in [0.05, 0.1) is 18.3 Å². The minimum atomic E-state index is 0.212. The fraction of sp³-hybridized carbons (Fsp3) is 0.812. The Bertz CT molecular complexity index is 469. The standard InChI is InChI=1S/C16H30N4O/c1-11(2)8-17-9-14-13(4)18-19(5)16(14)20-7-6-12(3)15(20)10-21/h11-12,15,17,21H,6-10H2,1-5H3. The average Bonchev–Trinajstić information content (AvgIpc) is 2.89. The van der Waals surface area contributed by atoms with E-state index in [2.05, 4.69) is 43.0 Å². The zero-order valence-electron chi connectivity index (χ0n) is 14.1. The van der Waals surface area contributed by atoms with Crippen LogP contribution in [0.1, 0.15) is 38.4 Å². The number of aromatic nitrogens is 2. The lowest BCUT2D eigenvalue weighted by Gasteiger charge is -2.28. The number of nitrogens with zero attached hydrogens (tertiary/aromatic N) is 3.